The minimum Gasteiger partial charge on any atom is -0.349 e. The molecule has 0 spiro atoms. The van der Waals surface area contributed by atoms with Gasteiger partial charge in [-0.1, -0.05) is 56.7 Å². The fraction of sp³-hybridized carbons (Fsp3) is 0.400. The summed E-state index contributed by atoms with van der Waals surface area (Å²) in [5.74, 6) is 0.833. The molecule has 2 aromatic rings. The van der Waals surface area contributed by atoms with Crippen molar-refractivity contribution >= 4 is 0 Å². The predicted octanol–water partition coefficient (Wildman–Crippen LogP) is 4.38. The number of nitrogens with one attached hydrogen (secondary N) is 1. The average molecular weight is 232 g/mol. The minimum absolute atomic E-state index is 0.833. The van der Waals surface area contributed by atoms with Crippen molar-refractivity contribution in [3.63, 3.8) is 0 Å². The molecule has 1 aromatic carbocycles. The fourth-order valence-electron chi connectivity index (χ4n) is 0.860. The Kier molecular flexibility index (Phi) is 8.75. The van der Waals surface area contributed by atoms with Gasteiger partial charge < -0.3 is 4.98 Å². The Morgan fingerprint density at radius 1 is 1.00 bits per heavy atom. The van der Waals surface area contributed by atoms with Crippen LogP contribution in [-0.2, 0) is 0 Å². The van der Waals surface area contributed by atoms with E-state index < -0.39 is 0 Å². The summed E-state index contributed by atoms with van der Waals surface area (Å²) < 4.78 is 0. The van der Waals surface area contributed by atoms with Crippen LogP contribution >= 0.6 is 0 Å². The minimum atomic E-state index is 0.833. The van der Waals surface area contributed by atoms with E-state index in [4.69, 9.17) is 0 Å². The van der Waals surface area contributed by atoms with Crippen LogP contribution in [0.4, 0.5) is 0 Å². The number of hydrogen-bond donors (Lipinski definition) is 1. The van der Waals surface area contributed by atoms with E-state index in [1.54, 1.807) is 12.5 Å². The van der Waals surface area contributed by atoms with Crippen molar-refractivity contribution in [2.75, 3.05) is 0 Å². The first-order chi connectivity index (χ1) is 8.02. The van der Waals surface area contributed by atoms with Gasteiger partial charge in [-0.2, -0.15) is 0 Å². The molecule has 2 nitrogen and oxygen atoms in total. The van der Waals surface area contributed by atoms with Crippen molar-refractivity contribution in [3.05, 3.63) is 54.1 Å². The van der Waals surface area contributed by atoms with Gasteiger partial charge in [-0.25, -0.2) is 4.98 Å². The Bertz CT molecular complexity index is 347. The molecule has 0 saturated heterocycles. The number of hydrogen-bond acceptors (Lipinski definition) is 1. The fourth-order valence-corrected chi connectivity index (χ4v) is 0.860. The van der Waals surface area contributed by atoms with Crippen LogP contribution in [0.25, 0.3) is 0 Å². The number of rotatable bonds is 0. The van der Waals surface area contributed by atoms with E-state index in [1.807, 2.05) is 25.1 Å². The lowest BCUT2D eigenvalue weighted by molar-refractivity contribution is 0.737. The molecule has 94 valence electrons. The van der Waals surface area contributed by atoms with E-state index >= 15 is 0 Å². The summed E-state index contributed by atoms with van der Waals surface area (Å²) in [7, 11) is 0. The summed E-state index contributed by atoms with van der Waals surface area (Å²) in [6.07, 6.45) is 3.44. The zero-order valence-electron chi connectivity index (χ0n) is 11.6. The Hall–Kier alpha value is -1.57. The number of aryl methyl sites for hydroxylation is 2. The lowest BCUT2D eigenvalue weighted by Crippen LogP contribution is -1.66. The van der Waals surface area contributed by atoms with Crippen molar-refractivity contribution in [2.24, 2.45) is 5.92 Å². The summed E-state index contributed by atoms with van der Waals surface area (Å²) in [5.41, 5.74) is 2.43. The molecule has 0 saturated carbocycles. The number of aromatic amines is 1. The first-order valence-electron chi connectivity index (χ1n) is 5.99. The second-order valence-corrected chi connectivity index (χ2v) is 4.62. The lowest BCUT2D eigenvalue weighted by atomic mass is 10.2. The maximum absolute atomic E-state index is 3.77. The van der Waals surface area contributed by atoms with Crippen molar-refractivity contribution < 1.29 is 0 Å². The summed E-state index contributed by atoms with van der Waals surface area (Å²) >= 11 is 0. The van der Waals surface area contributed by atoms with Gasteiger partial charge in [0.1, 0.15) is 0 Å². The van der Waals surface area contributed by atoms with Gasteiger partial charge in [-0.15, -0.1) is 0 Å². The van der Waals surface area contributed by atoms with Crippen LogP contribution in [0.1, 0.15) is 32.0 Å². The lowest BCUT2D eigenvalue weighted by Gasteiger charge is -1.82. The third-order valence-electron chi connectivity index (χ3n) is 1.58. The summed E-state index contributed by atoms with van der Waals surface area (Å²) in [5, 5.41) is 0. The van der Waals surface area contributed by atoms with Gasteiger partial charge >= 0.3 is 0 Å². The average Bonchev–Trinajstić information content (AvgIpc) is 2.70. The van der Waals surface area contributed by atoms with Gasteiger partial charge in [0.15, 0.2) is 0 Å². The van der Waals surface area contributed by atoms with Gasteiger partial charge in [0.25, 0.3) is 0 Å². The molecule has 0 atom stereocenters. The van der Waals surface area contributed by atoms with Crippen molar-refractivity contribution in [2.45, 2.75) is 34.6 Å². The molecule has 0 aliphatic carbocycles. The van der Waals surface area contributed by atoms with Gasteiger partial charge in [0, 0.05) is 11.9 Å². The standard InChI is InChI=1S/C7H8.C4H6N2.C4H10/c1-7-5-3-2-4-6-7;1-4-2-5-3-6-4;1-4(2)3/h2-6H,1H3;2-3H,1H3,(H,5,6);4H,1-3H3. The van der Waals surface area contributed by atoms with E-state index in [9.17, 15) is 0 Å². The van der Waals surface area contributed by atoms with Crippen LogP contribution in [0.15, 0.2) is 42.9 Å². The molecule has 1 heterocycles. The summed E-state index contributed by atoms with van der Waals surface area (Å²) in [4.78, 5) is 6.66. The molecule has 0 fully saturated rings. The van der Waals surface area contributed by atoms with Crippen molar-refractivity contribution in [1.29, 1.82) is 0 Å². The summed E-state index contributed by atoms with van der Waals surface area (Å²) in [6.45, 7) is 10.5. The molecule has 2 rings (SSSR count). The highest BCUT2D eigenvalue weighted by Gasteiger charge is 1.73. The number of nitrogens with zero attached hydrogens (tertiary/aromatic N) is 1. The van der Waals surface area contributed by atoms with Gasteiger partial charge in [-0.05, 0) is 19.8 Å². The molecule has 0 amide bonds. The molecule has 0 unspecified atom stereocenters. The second kappa shape index (κ2) is 9.64. The molecule has 0 radical (unpaired) electrons. The predicted molar refractivity (Wildman–Crippen MR) is 75.0 cm³/mol. The Morgan fingerprint density at radius 2 is 1.53 bits per heavy atom. The Morgan fingerprint density at radius 3 is 1.71 bits per heavy atom. The number of H-pyrrole nitrogens is 1. The molecule has 2 heteroatoms. The highest BCUT2D eigenvalue weighted by atomic mass is 14.8. The van der Waals surface area contributed by atoms with Crippen LogP contribution in [0.3, 0.4) is 0 Å². The van der Waals surface area contributed by atoms with Gasteiger partial charge in [0.2, 0.25) is 0 Å². The molecule has 1 aromatic heterocycles. The first kappa shape index (κ1) is 15.4. The monoisotopic (exact) mass is 232 g/mol. The first-order valence-corrected chi connectivity index (χ1v) is 5.99. The van der Waals surface area contributed by atoms with E-state index in [1.165, 1.54) is 5.56 Å². The van der Waals surface area contributed by atoms with Crippen LogP contribution < -0.4 is 0 Å². The SMILES string of the molecule is CC(C)C.Cc1ccccc1.Cc1cnc[nH]1. The van der Waals surface area contributed by atoms with Gasteiger partial charge in [0.05, 0.1) is 6.33 Å². The highest BCUT2D eigenvalue weighted by molar-refractivity contribution is 5.11. The van der Waals surface area contributed by atoms with Crippen LogP contribution in [0.2, 0.25) is 0 Å². The normalized spacial score (nSPS) is 8.82. The van der Waals surface area contributed by atoms with Gasteiger partial charge in [-0.3, -0.25) is 0 Å². The third kappa shape index (κ3) is 12.4. The topological polar surface area (TPSA) is 28.7 Å². The molecule has 0 aliphatic rings. The van der Waals surface area contributed by atoms with E-state index in [0.29, 0.717) is 0 Å². The zero-order chi connectivity index (χ0) is 13.1. The van der Waals surface area contributed by atoms with Crippen LogP contribution in [0.5, 0.6) is 0 Å². The molecular formula is C15H24N2. The number of imidazole rings is 1. The van der Waals surface area contributed by atoms with E-state index in [-0.39, 0.29) is 0 Å². The van der Waals surface area contributed by atoms with Crippen LogP contribution in [0, 0.1) is 19.8 Å². The summed E-state index contributed by atoms with van der Waals surface area (Å²) in [6, 6.07) is 10.3. The quantitative estimate of drug-likeness (QED) is 0.717. The number of benzene rings is 1. The maximum atomic E-state index is 3.77. The van der Waals surface area contributed by atoms with Crippen molar-refractivity contribution in [1.82, 2.24) is 9.97 Å². The molecule has 17 heavy (non-hydrogen) atoms. The van der Waals surface area contributed by atoms with Crippen molar-refractivity contribution in [3.8, 4) is 0 Å². The Labute approximate surface area is 105 Å². The molecule has 0 aliphatic heterocycles. The second-order valence-electron chi connectivity index (χ2n) is 4.62. The largest absolute Gasteiger partial charge is 0.349 e. The van der Waals surface area contributed by atoms with E-state index in [2.05, 4.69) is 49.8 Å². The van der Waals surface area contributed by atoms with E-state index in [0.717, 1.165) is 11.6 Å². The Balaban J connectivity index is 0.000000236. The highest BCUT2D eigenvalue weighted by Crippen LogP contribution is 1.92. The molecular weight excluding hydrogens is 208 g/mol. The number of aromatic nitrogens is 2. The smallest absolute Gasteiger partial charge is 0.0921 e. The zero-order valence-corrected chi connectivity index (χ0v) is 11.6. The maximum Gasteiger partial charge on any atom is 0.0921 e. The third-order valence-corrected chi connectivity index (χ3v) is 1.58. The van der Waals surface area contributed by atoms with Crippen LogP contribution in [-0.4, -0.2) is 9.97 Å². The molecule has 0 bridgehead atoms. The molecule has 1 N–H and O–H groups in total.